The Balaban J connectivity index is 1.21. The Labute approximate surface area is 266 Å². The molecule has 0 bridgehead atoms. The van der Waals surface area contributed by atoms with Crippen molar-refractivity contribution in [2.24, 2.45) is 4.99 Å². The van der Waals surface area contributed by atoms with Crippen molar-refractivity contribution in [3.63, 3.8) is 0 Å². The highest BCUT2D eigenvalue weighted by molar-refractivity contribution is 8.15. The number of rotatable bonds is 8. The summed E-state index contributed by atoms with van der Waals surface area (Å²) >= 11 is 7.69. The molecular formula is C31H28ClF3N6O3S. The summed E-state index contributed by atoms with van der Waals surface area (Å²) in [5.74, 6) is 0.406. The van der Waals surface area contributed by atoms with Gasteiger partial charge < -0.3 is 10.1 Å². The first-order valence-electron chi connectivity index (χ1n) is 13.9. The highest BCUT2D eigenvalue weighted by atomic mass is 35.5. The van der Waals surface area contributed by atoms with Crippen LogP contribution < -0.4 is 15.0 Å². The van der Waals surface area contributed by atoms with Crippen LogP contribution in [0.25, 0.3) is 5.69 Å². The molecular weight excluding hydrogens is 629 g/mol. The van der Waals surface area contributed by atoms with Gasteiger partial charge in [0, 0.05) is 6.42 Å². The van der Waals surface area contributed by atoms with Gasteiger partial charge in [-0.05, 0) is 78.4 Å². The summed E-state index contributed by atoms with van der Waals surface area (Å²) < 4.78 is 42.5. The molecule has 0 atom stereocenters. The molecule has 1 aromatic heterocycles. The van der Waals surface area contributed by atoms with Crippen LogP contribution >= 0.6 is 23.4 Å². The quantitative estimate of drug-likeness (QED) is 0.209. The second-order valence-electron chi connectivity index (χ2n) is 10.5. The van der Waals surface area contributed by atoms with E-state index in [1.807, 2.05) is 45.0 Å². The number of ether oxygens (including phenoxy) is 1. The largest absolute Gasteiger partial charge is 0.573 e. The maximum absolute atomic E-state index is 12.9. The van der Waals surface area contributed by atoms with Gasteiger partial charge in [-0.15, -0.1) is 13.2 Å². The highest BCUT2D eigenvalue weighted by Gasteiger charge is 2.33. The standard InChI is InChI=1S/C31H28ClF3N6O3S/c1-18(2)23-11-4-19(3)14-26(23)41-28(42)16-45-30(41)38-29(43)37-25-12-5-20(15-24(25)32)6-13-27-36-17-40(39-27)21-7-9-22(10-8-21)44-31(33,34)35/h4-5,7-12,14-15,17-18H,6,13,16H2,1-3H3,(H,37,43)/b38-30-. The third-order valence-corrected chi connectivity index (χ3v) is 8.03. The van der Waals surface area contributed by atoms with E-state index >= 15 is 0 Å². The van der Waals surface area contributed by atoms with Crippen molar-refractivity contribution in [1.29, 1.82) is 0 Å². The molecule has 1 N–H and O–H groups in total. The van der Waals surface area contributed by atoms with Gasteiger partial charge in [0.05, 0.1) is 27.8 Å². The number of carbonyl (C=O) groups excluding carboxylic acids is 2. The summed E-state index contributed by atoms with van der Waals surface area (Å²) in [7, 11) is 0. The fourth-order valence-corrected chi connectivity index (χ4v) is 5.76. The van der Waals surface area contributed by atoms with E-state index in [2.05, 4.69) is 25.1 Å². The molecule has 5 rings (SSSR count). The number of thioether (sulfide) groups is 1. The van der Waals surface area contributed by atoms with Crippen LogP contribution in [0.4, 0.5) is 29.3 Å². The molecule has 2 heterocycles. The molecule has 0 spiro atoms. The number of urea groups is 1. The number of aliphatic imine (C=N–C) groups is 1. The first kappa shape index (κ1) is 32.0. The van der Waals surface area contributed by atoms with Gasteiger partial charge >= 0.3 is 12.4 Å². The van der Waals surface area contributed by atoms with E-state index in [1.54, 1.807) is 12.1 Å². The van der Waals surface area contributed by atoms with Crippen molar-refractivity contribution in [1.82, 2.24) is 14.8 Å². The van der Waals surface area contributed by atoms with E-state index in [1.165, 1.54) is 51.9 Å². The first-order valence-corrected chi connectivity index (χ1v) is 15.2. The summed E-state index contributed by atoms with van der Waals surface area (Å²) in [5, 5.41) is 7.71. The molecule has 234 valence electrons. The Morgan fingerprint density at radius 3 is 2.56 bits per heavy atom. The van der Waals surface area contributed by atoms with Crippen molar-refractivity contribution in [3.8, 4) is 11.4 Å². The average molecular weight is 657 g/mol. The van der Waals surface area contributed by atoms with Crippen LogP contribution in [0.2, 0.25) is 5.02 Å². The van der Waals surface area contributed by atoms with Gasteiger partial charge in [-0.2, -0.15) is 10.1 Å². The summed E-state index contributed by atoms with van der Waals surface area (Å²) in [6, 6.07) is 15.8. The van der Waals surface area contributed by atoms with Crippen molar-refractivity contribution in [3.05, 3.63) is 94.5 Å². The highest BCUT2D eigenvalue weighted by Crippen LogP contribution is 2.34. The number of amides is 3. The number of anilines is 2. The normalized spacial score (nSPS) is 14.4. The van der Waals surface area contributed by atoms with Crippen molar-refractivity contribution < 1.29 is 27.5 Å². The Hall–Kier alpha value is -4.36. The smallest absolute Gasteiger partial charge is 0.406 e. The molecule has 45 heavy (non-hydrogen) atoms. The predicted molar refractivity (Wildman–Crippen MR) is 169 cm³/mol. The van der Waals surface area contributed by atoms with Gasteiger partial charge in [0.1, 0.15) is 12.1 Å². The summed E-state index contributed by atoms with van der Waals surface area (Å²) in [6.07, 6.45) is -2.28. The van der Waals surface area contributed by atoms with Gasteiger partial charge in [0.15, 0.2) is 11.0 Å². The molecule has 0 aliphatic carbocycles. The Bertz CT molecular complexity index is 1760. The van der Waals surface area contributed by atoms with Gasteiger partial charge in [-0.25, -0.2) is 14.5 Å². The number of alkyl halides is 3. The molecule has 0 radical (unpaired) electrons. The third kappa shape index (κ3) is 8.03. The van der Waals surface area contributed by atoms with Gasteiger partial charge in [0.2, 0.25) is 5.91 Å². The second-order valence-corrected chi connectivity index (χ2v) is 11.9. The molecule has 14 heteroatoms. The maximum atomic E-state index is 12.9. The number of nitrogens with one attached hydrogen (secondary N) is 1. The van der Waals surface area contributed by atoms with Crippen molar-refractivity contribution in [2.75, 3.05) is 16.0 Å². The van der Waals surface area contributed by atoms with Crippen LogP contribution in [0.1, 0.15) is 42.3 Å². The molecule has 0 unspecified atom stereocenters. The van der Waals surface area contributed by atoms with Gasteiger partial charge in [0.25, 0.3) is 0 Å². The molecule has 0 saturated carbocycles. The topological polar surface area (TPSA) is 102 Å². The Kier molecular flexibility index (Phi) is 9.49. The SMILES string of the molecule is Cc1ccc(C(C)C)c(N2C(=O)CS/C2=N\C(=O)Nc2ccc(CCc3ncn(-c4ccc(OC(F)(F)F)cc4)n3)cc2Cl)c1. The van der Waals surface area contributed by atoms with Crippen LogP contribution in [0.5, 0.6) is 5.75 Å². The molecule has 1 fully saturated rings. The van der Waals surface area contributed by atoms with E-state index in [-0.39, 0.29) is 23.3 Å². The van der Waals surface area contributed by atoms with Crippen LogP contribution in [-0.4, -0.2) is 44.0 Å². The average Bonchev–Trinajstić information content (AvgIpc) is 3.59. The number of hydrogen-bond donors (Lipinski definition) is 1. The molecule has 3 amide bonds. The zero-order chi connectivity index (χ0) is 32.3. The molecule has 1 aliphatic rings. The van der Waals surface area contributed by atoms with E-state index < -0.39 is 12.4 Å². The minimum absolute atomic E-state index is 0.144. The zero-order valence-electron chi connectivity index (χ0n) is 24.4. The van der Waals surface area contributed by atoms with E-state index in [4.69, 9.17) is 11.6 Å². The number of amidine groups is 1. The second kappa shape index (κ2) is 13.3. The molecule has 1 saturated heterocycles. The van der Waals surface area contributed by atoms with Gasteiger partial charge in [-0.1, -0.05) is 55.4 Å². The predicted octanol–water partition coefficient (Wildman–Crippen LogP) is 7.70. The Morgan fingerprint density at radius 1 is 1.11 bits per heavy atom. The Morgan fingerprint density at radius 2 is 1.87 bits per heavy atom. The number of nitrogens with zero attached hydrogens (tertiary/aromatic N) is 5. The summed E-state index contributed by atoms with van der Waals surface area (Å²) in [5.41, 5.74) is 4.47. The van der Waals surface area contributed by atoms with E-state index in [0.29, 0.717) is 40.2 Å². The van der Waals surface area contributed by atoms with E-state index in [9.17, 15) is 22.8 Å². The number of halogens is 4. The molecule has 9 nitrogen and oxygen atoms in total. The fraction of sp³-hybridized carbons (Fsp3) is 0.258. The summed E-state index contributed by atoms with van der Waals surface area (Å²) in [4.78, 5) is 35.7. The zero-order valence-corrected chi connectivity index (χ0v) is 26.0. The molecule has 1 aliphatic heterocycles. The monoisotopic (exact) mass is 656 g/mol. The number of aryl methyl sites for hydroxylation is 3. The number of benzene rings is 3. The van der Waals surface area contributed by atoms with Crippen LogP contribution in [0.3, 0.4) is 0 Å². The number of aromatic nitrogens is 3. The maximum Gasteiger partial charge on any atom is 0.573 e. The minimum Gasteiger partial charge on any atom is -0.406 e. The van der Waals surface area contributed by atoms with Crippen molar-refractivity contribution in [2.45, 2.75) is 45.9 Å². The number of carbonyl (C=O) groups is 2. The summed E-state index contributed by atoms with van der Waals surface area (Å²) in [6.45, 7) is 6.04. The lowest BCUT2D eigenvalue weighted by Gasteiger charge is -2.22. The molecule has 4 aromatic rings. The lowest BCUT2D eigenvalue weighted by atomic mass is 9.99. The first-order chi connectivity index (χ1) is 21.4. The van der Waals surface area contributed by atoms with Crippen LogP contribution in [0.15, 0.2) is 72.0 Å². The minimum atomic E-state index is -4.76. The lowest BCUT2D eigenvalue weighted by molar-refractivity contribution is -0.274. The number of hydrogen-bond acceptors (Lipinski definition) is 6. The third-order valence-electron chi connectivity index (χ3n) is 6.80. The van der Waals surface area contributed by atoms with E-state index in [0.717, 1.165) is 22.4 Å². The fourth-order valence-electron chi connectivity index (χ4n) is 4.66. The van der Waals surface area contributed by atoms with Crippen LogP contribution in [-0.2, 0) is 17.6 Å². The van der Waals surface area contributed by atoms with Crippen molar-refractivity contribution >= 4 is 51.8 Å². The van der Waals surface area contributed by atoms with Gasteiger partial charge in [-0.3, -0.25) is 9.69 Å². The van der Waals surface area contributed by atoms with Crippen LogP contribution in [0, 0.1) is 6.92 Å². The molecule has 3 aromatic carbocycles. The lowest BCUT2D eigenvalue weighted by Crippen LogP contribution is -2.31.